The minimum atomic E-state index is -0.256. The molecule has 6 nitrogen and oxygen atoms in total. The fourth-order valence-corrected chi connectivity index (χ4v) is 3.35. The highest BCUT2D eigenvalue weighted by molar-refractivity contribution is 5.99. The Morgan fingerprint density at radius 3 is 2.86 bits per heavy atom. The van der Waals surface area contributed by atoms with Gasteiger partial charge in [0.15, 0.2) is 0 Å². The van der Waals surface area contributed by atoms with E-state index in [1.807, 2.05) is 42.5 Å². The molecule has 2 heterocycles. The molecule has 3 aromatic rings. The van der Waals surface area contributed by atoms with Crippen molar-refractivity contribution >= 4 is 11.6 Å². The van der Waals surface area contributed by atoms with Gasteiger partial charge >= 0.3 is 0 Å². The van der Waals surface area contributed by atoms with E-state index in [9.17, 15) is 9.90 Å². The second-order valence-corrected chi connectivity index (χ2v) is 6.68. The van der Waals surface area contributed by atoms with E-state index in [4.69, 9.17) is 9.15 Å². The molecule has 0 unspecified atom stereocenters. The van der Waals surface area contributed by atoms with Crippen molar-refractivity contribution in [1.29, 1.82) is 0 Å². The summed E-state index contributed by atoms with van der Waals surface area (Å²) in [6.07, 6.45) is 1.37. The summed E-state index contributed by atoms with van der Waals surface area (Å²) in [5, 5.41) is 13.0. The molecule has 6 heteroatoms. The molecule has 1 fully saturated rings. The van der Waals surface area contributed by atoms with Crippen molar-refractivity contribution in [2.24, 2.45) is 0 Å². The maximum absolute atomic E-state index is 13.2. The number of carbonyl (C=O) groups excluding carboxylic acids is 1. The first-order chi connectivity index (χ1) is 13.7. The fourth-order valence-electron chi connectivity index (χ4n) is 3.35. The van der Waals surface area contributed by atoms with Crippen LogP contribution in [-0.2, 0) is 11.3 Å². The van der Waals surface area contributed by atoms with Crippen LogP contribution in [0.5, 0.6) is 5.75 Å². The molecule has 0 spiro atoms. The highest BCUT2D eigenvalue weighted by Gasteiger charge is 2.27. The van der Waals surface area contributed by atoms with E-state index < -0.39 is 0 Å². The van der Waals surface area contributed by atoms with Gasteiger partial charge in [-0.15, -0.1) is 0 Å². The van der Waals surface area contributed by atoms with Crippen molar-refractivity contribution in [1.82, 2.24) is 4.90 Å². The summed E-state index contributed by atoms with van der Waals surface area (Å²) in [6, 6.07) is 18.2. The molecule has 28 heavy (non-hydrogen) atoms. The van der Waals surface area contributed by atoms with Gasteiger partial charge in [0.2, 0.25) is 0 Å². The zero-order valence-electron chi connectivity index (χ0n) is 15.4. The number of phenols is 1. The van der Waals surface area contributed by atoms with E-state index >= 15 is 0 Å². The summed E-state index contributed by atoms with van der Waals surface area (Å²) in [5.74, 6) is 0.950. The lowest BCUT2D eigenvalue weighted by Gasteiger charge is -2.33. The fraction of sp³-hybridized carbons (Fsp3) is 0.227. The maximum Gasteiger partial charge on any atom is 0.256 e. The number of aromatic hydroxyl groups is 1. The first kappa shape index (κ1) is 18.1. The molecule has 2 aromatic carbocycles. The molecule has 2 N–H and O–H groups in total. The molecule has 1 aliphatic heterocycles. The standard InChI is InChI=1S/C22H22N2O4/c25-17-6-3-5-16(13-17)21-15-24(10-12-28-21)22(26)19-8-1-2-9-20(19)23-14-18-7-4-11-27-18/h1-9,11,13,21,23,25H,10,12,14-15H2/t21-/m1/s1. The number of phenolic OH excluding ortho intramolecular Hbond substituents is 1. The van der Waals surface area contributed by atoms with E-state index in [1.54, 1.807) is 29.4 Å². The van der Waals surface area contributed by atoms with Crippen LogP contribution < -0.4 is 5.32 Å². The van der Waals surface area contributed by atoms with Gasteiger partial charge in [-0.05, 0) is 42.0 Å². The second kappa shape index (κ2) is 8.19. The van der Waals surface area contributed by atoms with Gasteiger partial charge in [0.05, 0.1) is 31.5 Å². The number of para-hydroxylation sites is 1. The third kappa shape index (κ3) is 4.02. The quantitative estimate of drug-likeness (QED) is 0.706. The van der Waals surface area contributed by atoms with E-state index in [0.717, 1.165) is 17.0 Å². The summed E-state index contributed by atoms with van der Waals surface area (Å²) in [4.78, 5) is 15.0. The number of anilines is 1. The largest absolute Gasteiger partial charge is 0.508 e. The Hall–Kier alpha value is -3.25. The van der Waals surface area contributed by atoms with Crippen LogP contribution in [0.4, 0.5) is 5.69 Å². The molecule has 0 saturated carbocycles. The van der Waals surface area contributed by atoms with Crippen LogP contribution in [0, 0.1) is 0 Å². The minimum Gasteiger partial charge on any atom is -0.508 e. The number of benzene rings is 2. The van der Waals surface area contributed by atoms with Crippen LogP contribution in [-0.4, -0.2) is 35.6 Å². The molecule has 144 valence electrons. The number of amides is 1. The predicted octanol–water partition coefficient (Wildman–Crippen LogP) is 3.81. The van der Waals surface area contributed by atoms with Crippen molar-refractivity contribution in [3.8, 4) is 5.75 Å². The number of nitrogens with zero attached hydrogens (tertiary/aromatic N) is 1. The molecule has 4 rings (SSSR count). The Bertz CT molecular complexity index is 939. The number of furan rings is 1. The lowest BCUT2D eigenvalue weighted by molar-refractivity contribution is -0.0228. The smallest absolute Gasteiger partial charge is 0.256 e. The van der Waals surface area contributed by atoms with Gasteiger partial charge in [-0.2, -0.15) is 0 Å². The van der Waals surface area contributed by atoms with Gasteiger partial charge in [-0.25, -0.2) is 0 Å². The summed E-state index contributed by atoms with van der Waals surface area (Å²) in [5.41, 5.74) is 2.25. The second-order valence-electron chi connectivity index (χ2n) is 6.68. The van der Waals surface area contributed by atoms with Gasteiger partial charge in [-0.3, -0.25) is 4.79 Å². The number of carbonyl (C=O) groups is 1. The number of ether oxygens (including phenoxy) is 1. The molecular weight excluding hydrogens is 356 g/mol. The number of rotatable bonds is 5. The van der Waals surface area contributed by atoms with E-state index in [2.05, 4.69) is 5.32 Å². The van der Waals surface area contributed by atoms with Gasteiger partial charge in [-0.1, -0.05) is 24.3 Å². The molecule has 0 bridgehead atoms. The van der Waals surface area contributed by atoms with Crippen LogP contribution in [0.3, 0.4) is 0 Å². The summed E-state index contributed by atoms with van der Waals surface area (Å²) in [7, 11) is 0. The summed E-state index contributed by atoms with van der Waals surface area (Å²) >= 11 is 0. The molecule has 1 aliphatic rings. The maximum atomic E-state index is 13.2. The first-order valence-electron chi connectivity index (χ1n) is 9.26. The van der Waals surface area contributed by atoms with Crippen molar-refractivity contribution < 1.29 is 19.1 Å². The number of nitrogens with one attached hydrogen (secondary N) is 1. The lowest BCUT2D eigenvalue weighted by Crippen LogP contribution is -2.42. The van der Waals surface area contributed by atoms with E-state index in [0.29, 0.717) is 31.8 Å². The normalized spacial score (nSPS) is 16.7. The monoisotopic (exact) mass is 378 g/mol. The Morgan fingerprint density at radius 2 is 2.04 bits per heavy atom. The molecule has 0 aliphatic carbocycles. The number of hydrogen-bond acceptors (Lipinski definition) is 5. The minimum absolute atomic E-state index is 0.0454. The highest BCUT2D eigenvalue weighted by Crippen LogP contribution is 2.27. The molecule has 1 aromatic heterocycles. The predicted molar refractivity (Wildman–Crippen MR) is 105 cm³/mol. The van der Waals surface area contributed by atoms with Crippen LogP contribution in [0.2, 0.25) is 0 Å². The average molecular weight is 378 g/mol. The number of hydrogen-bond donors (Lipinski definition) is 2. The van der Waals surface area contributed by atoms with E-state index in [-0.39, 0.29) is 17.8 Å². The first-order valence-corrected chi connectivity index (χ1v) is 9.26. The molecule has 1 saturated heterocycles. The zero-order chi connectivity index (χ0) is 19.3. The van der Waals surface area contributed by atoms with Crippen molar-refractivity contribution in [3.05, 3.63) is 83.8 Å². The van der Waals surface area contributed by atoms with Gasteiger partial charge in [0.25, 0.3) is 5.91 Å². The molecular formula is C22H22N2O4. The molecule has 0 radical (unpaired) electrons. The van der Waals surface area contributed by atoms with Crippen LogP contribution in [0.25, 0.3) is 0 Å². The highest BCUT2D eigenvalue weighted by atomic mass is 16.5. The Balaban J connectivity index is 1.49. The third-order valence-corrected chi connectivity index (χ3v) is 4.79. The molecule has 1 amide bonds. The van der Waals surface area contributed by atoms with Crippen molar-refractivity contribution in [2.45, 2.75) is 12.6 Å². The van der Waals surface area contributed by atoms with Gasteiger partial charge in [0.1, 0.15) is 17.6 Å². The third-order valence-electron chi connectivity index (χ3n) is 4.79. The van der Waals surface area contributed by atoms with E-state index in [1.165, 1.54) is 0 Å². The Morgan fingerprint density at radius 1 is 1.14 bits per heavy atom. The average Bonchev–Trinajstić information content (AvgIpc) is 3.26. The lowest BCUT2D eigenvalue weighted by atomic mass is 10.1. The zero-order valence-corrected chi connectivity index (χ0v) is 15.4. The summed E-state index contributed by atoms with van der Waals surface area (Å²) < 4.78 is 11.2. The Labute approximate surface area is 163 Å². The van der Waals surface area contributed by atoms with Crippen LogP contribution in [0.1, 0.15) is 27.8 Å². The van der Waals surface area contributed by atoms with Crippen molar-refractivity contribution in [2.75, 3.05) is 25.0 Å². The molecule has 1 atom stereocenters. The number of morpholine rings is 1. The Kier molecular flexibility index (Phi) is 5.30. The topological polar surface area (TPSA) is 74.9 Å². The summed E-state index contributed by atoms with van der Waals surface area (Å²) in [6.45, 7) is 1.93. The van der Waals surface area contributed by atoms with Crippen molar-refractivity contribution in [3.63, 3.8) is 0 Å². The van der Waals surface area contributed by atoms with Gasteiger partial charge < -0.3 is 24.5 Å². The van der Waals surface area contributed by atoms with Gasteiger partial charge in [0, 0.05) is 12.2 Å². The van der Waals surface area contributed by atoms with Crippen LogP contribution in [0.15, 0.2) is 71.3 Å². The van der Waals surface area contributed by atoms with Crippen LogP contribution >= 0.6 is 0 Å². The SMILES string of the molecule is O=C(c1ccccc1NCc1ccco1)N1CCO[C@@H](c2cccc(O)c2)C1.